The standard InChI is InChI=1S/C16H16FN5OS/c1-8(2)15-14-9(6-18-22-14)13-10(7-23-15)24-16(21-13)20-12-5-3-4-11(17)19-12/h3-6,8,15H,7H2,1-2H3,(H,18,22)(H,19,20,21). The van der Waals surface area contributed by atoms with E-state index >= 15 is 0 Å². The Morgan fingerprint density at radius 3 is 3.04 bits per heavy atom. The number of hydrogen-bond acceptors (Lipinski definition) is 6. The molecule has 0 aromatic carbocycles. The molecule has 8 heteroatoms. The number of aromatic nitrogens is 4. The Morgan fingerprint density at radius 2 is 2.25 bits per heavy atom. The van der Waals surface area contributed by atoms with E-state index in [0.717, 1.165) is 21.8 Å². The maximum absolute atomic E-state index is 13.2. The number of ether oxygens (including phenoxy) is 1. The van der Waals surface area contributed by atoms with Crippen LogP contribution in [-0.4, -0.2) is 20.2 Å². The fourth-order valence-electron chi connectivity index (χ4n) is 2.78. The Morgan fingerprint density at radius 1 is 1.38 bits per heavy atom. The second-order valence-corrected chi connectivity index (χ2v) is 7.02. The van der Waals surface area contributed by atoms with E-state index in [0.29, 0.717) is 23.5 Å². The Bertz CT molecular complexity index is 875. The molecule has 6 nitrogen and oxygen atoms in total. The summed E-state index contributed by atoms with van der Waals surface area (Å²) in [4.78, 5) is 9.46. The summed E-state index contributed by atoms with van der Waals surface area (Å²) in [5.74, 6) is 0.220. The number of hydrogen-bond donors (Lipinski definition) is 2. The molecule has 0 spiro atoms. The molecule has 0 fully saturated rings. The topological polar surface area (TPSA) is 75.7 Å². The highest BCUT2D eigenvalue weighted by Gasteiger charge is 2.29. The van der Waals surface area contributed by atoms with Gasteiger partial charge in [-0.25, -0.2) is 9.97 Å². The van der Waals surface area contributed by atoms with E-state index in [2.05, 4.69) is 39.3 Å². The molecule has 4 rings (SSSR count). The van der Waals surface area contributed by atoms with Crippen LogP contribution in [0, 0.1) is 11.9 Å². The van der Waals surface area contributed by atoms with Crippen LogP contribution < -0.4 is 5.32 Å². The van der Waals surface area contributed by atoms with E-state index in [4.69, 9.17) is 4.74 Å². The van der Waals surface area contributed by atoms with Crippen molar-refractivity contribution < 1.29 is 9.13 Å². The lowest BCUT2D eigenvalue weighted by atomic mass is 10.0. The molecule has 2 N–H and O–H groups in total. The molecule has 1 aliphatic heterocycles. The van der Waals surface area contributed by atoms with Crippen molar-refractivity contribution in [3.05, 3.63) is 40.9 Å². The van der Waals surface area contributed by atoms with Gasteiger partial charge >= 0.3 is 0 Å². The van der Waals surface area contributed by atoms with Gasteiger partial charge in [0.15, 0.2) is 5.13 Å². The lowest BCUT2D eigenvalue weighted by Gasteiger charge is -2.18. The summed E-state index contributed by atoms with van der Waals surface area (Å²) in [5, 5.41) is 10.9. The third-order valence-electron chi connectivity index (χ3n) is 3.86. The van der Waals surface area contributed by atoms with Crippen molar-refractivity contribution >= 4 is 22.3 Å². The molecule has 0 saturated heterocycles. The van der Waals surface area contributed by atoms with Gasteiger partial charge in [-0.3, -0.25) is 5.10 Å². The number of pyridine rings is 1. The zero-order valence-corrected chi connectivity index (χ0v) is 14.0. The monoisotopic (exact) mass is 345 g/mol. The maximum atomic E-state index is 13.2. The average Bonchev–Trinajstić information content (AvgIpc) is 3.12. The normalized spacial score (nSPS) is 16.6. The van der Waals surface area contributed by atoms with Crippen molar-refractivity contribution in [1.82, 2.24) is 20.2 Å². The number of rotatable bonds is 3. The number of anilines is 2. The molecule has 3 aromatic rings. The van der Waals surface area contributed by atoms with Crippen LogP contribution in [0.5, 0.6) is 0 Å². The van der Waals surface area contributed by atoms with Gasteiger partial charge in [0.1, 0.15) is 11.9 Å². The van der Waals surface area contributed by atoms with Gasteiger partial charge in [0, 0.05) is 5.56 Å². The summed E-state index contributed by atoms with van der Waals surface area (Å²) in [6.45, 7) is 4.71. The zero-order valence-electron chi connectivity index (χ0n) is 13.2. The van der Waals surface area contributed by atoms with Crippen LogP contribution in [0.25, 0.3) is 11.3 Å². The second-order valence-electron chi connectivity index (χ2n) is 5.93. The summed E-state index contributed by atoms with van der Waals surface area (Å²) in [6.07, 6.45) is 1.74. The van der Waals surface area contributed by atoms with Crippen molar-refractivity contribution in [1.29, 1.82) is 0 Å². The molecular weight excluding hydrogens is 329 g/mol. The number of fused-ring (bicyclic) bond motifs is 3. The van der Waals surface area contributed by atoms with E-state index in [1.807, 2.05) is 0 Å². The summed E-state index contributed by atoms with van der Waals surface area (Å²) >= 11 is 1.48. The minimum Gasteiger partial charge on any atom is -0.366 e. The molecule has 0 amide bonds. The molecule has 0 radical (unpaired) electrons. The van der Waals surface area contributed by atoms with Gasteiger partial charge in [-0.1, -0.05) is 31.3 Å². The van der Waals surface area contributed by atoms with Crippen LogP contribution in [0.3, 0.4) is 0 Å². The van der Waals surface area contributed by atoms with E-state index in [9.17, 15) is 4.39 Å². The average molecular weight is 345 g/mol. The van der Waals surface area contributed by atoms with Crippen LogP contribution in [0.15, 0.2) is 24.4 Å². The third-order valence-corrected chi connectivity index (χ3v) is 4.80. The SMILES string of the molecule is CC(C)C1OCc2sc(Nc3cccc(F)n3)nc2-c2cn[nH]c21. The Hall–Kier alpha value is -2.32. The van der Waals surface area contributed by atoms with Crippen molar-refractivity contribution in [3.8, 4) is 11.3 Å². The quantitative estimate of drug-likeness (QED) is 0.701. The molecule has 4 heterocycles. The summed E-state index contributed by atoms with van der Waals surface area (Å²) in [6, 6.07) is 4.61. The van der Waals surface area contributed by atoms with Gasteiger partial charge in [-0.05, 0) is 18.1 Å². The smallest absolute Gasteiger partial charge is 0.214 e. The number of halogens is 1. The number of H-pyrrole nitrogens is 1. The van der Waals surface area contributed by atoms with Crippen LogP contribution in [0.1, 0.15) is 30.5 Å². The first kappa shape index (κ1) is 15.2. The predicted octanol–water partition coefficient (Wildman–Crippen LogP) is 4.04. The molecule has 24 heavy (non-hydrogen) atoms. The lowest BCUT2D eigenvalue weighted by Crippen LogP contribution is -2.10. The molecule has 1 unspecified atom stereocenters. The maximum Gasteiger partial charge on any atom is 0.214 e. The summed E-state index contributed by atoms with van der Waals surface area (Å²) in [5.41, 5.74) is 2.76. The molecule has 0 aliphatic carbocycles. The van der Waals surface area contributed by atoms with Gasteiger partial charge in [0.25, 0.3) is 0 Å². The first-order valence-corrected chi connectivity index (χ1v) is 8.48. The highest BCUT2D eigenvalue weighted by atomic mass is 32.1. The predicted molar refractivity (Wildman–Crippen MR) is 89.5 cm³/mol. The largest absolute Gasteiger partial charge is 0.366 e. The van der Waals surface area contributed by atoms with Gasteiger partial charge in [0.05, 0.1) is 29.1 Å². The number of thiazole rings is 1. The molecular formula is C16H16FN5OS. The number of aromatic amines is 1. The minimum absolute atomic E-state index is 0.0369. The summed E-state index contributed by atoms with van der Waals surface area (Å²) < 4.78 is 19.3. The Labute approximate surface area is 142 Å². The van der Waals surface area contributed by atoms with Crippen molar-refractivity contribution in [3.63, 3.8) is 0 Å². The van der Waals surface area contributed by atoms with E-state index in [-0.39, 0.29) is 6.10 Å². The highest BCUT2D eigenvalue weighted by molar-refractivity contribution is 7.16. The van der Waals surface area contributed by atoms with Crippen LogP contribution in [-0.2, 0) is 11.3 Å². The first-order valence-electron chi connectivity index (χ1n) is 7.66. The molecule has 1 atom stereocenters. The van der Waals surface area contributed by atoms with Crippen molar-refractivity contribution in [2.45, 2.75) is 26.6 Å². The van der Waals surface area contributed by atoms with Gasteiger partial charge in [-0.2, -0.15) is 9.49 Å². The Balaban J connectivity index is 1.70. The van der Waals surface area contributed by atoms with Crippen molar-refractivity contribution in [2.75, 3.05) is 5.32 Å². The number of nitrogens with one attached hydrogen (secondary N) is 2. The lowest BCUT2D eigenvalue weighted by molar-refractivity contribution is 0.00968. The first-order chi connectivity index (χ1) is 11.6. The van der Waals surface area contributed by atoms with Gasteiger partial charge in [0.2, 0.25) is 5.95 Å². The minimum atomic E-state index is -0.529. The molecule has 124 valence electrons. The Kier molecular flexibility index (Phi) is 3.78. The van der Waals surface area contributed by atoms with Gasteiger partial charge < -0.3 is 10.1 Å². The van der Waals surface area contributed by atoms with E-state index < -0.39 is 5.95 Å². The number of nitrogens with zero attached hydrogens (tertiary/aromatic N) is 3. The zero-order chi connectivity index (χ0) is 16.7. The molecule has 3 aromatic heterocycles. The fourth-order valence-corrected chi connectivity index (χ4v) is 3.68. The fraction of sp³-hybridized carbons (Fsp3) is 0.312. The van der Waals surface area contributed by atoms with E-state index in [1.165, 1.54) is 17.4 Å². The van der Waals surface area contributed by atoms with E-state index in [1.54, 1.807) is 18.3 Å². The summed E-state index contributed by atoms with van der Waals surface area (Å²) in [7, 11) is 0. The second kappa shape index (κ2) is 5.95. The molecule has 0 bridgehead atoms. The van der Waals surface area contributed by atoms with Crippen LogP contribution in [0.4, 0.5) is 15.3 Å². The highest BCUT2D eigenvalue weighted by Crippen LogP contribution is 2.41. The third kappa shape index (κ3) is 2.67. The molecule has 1 aliphatic rings. The van der Waals surface area contributed by atoms with Crippen LogP contribution in [0.2, 0.25) is 0 Å². The molecule has 0 saturated carbocycles. The van der Waals surface area contributed by atoms with Crippen LogP contribution >= 0.6 is 11.3 Å². The van der Waals surface area contributed by atoms with Crippen molar-refractivity contribution in [2.24, 2.45) is 5.92 Å². The van der Waals surface area contributed by atoms with Gasteiger partial charge in [-0.15, -0.1) is 0 Å².